The SMILES string of the molecule is CCCc1ccc(C(C)CF)cc1F. The Balaban J connectivity index is 2.88. The maximum Gasteiger partial charge on any atom is 0.126 e. The van der Waals surface area contributed by atoms with E-state index in [2.05, 4.69) is 0 Å². The van der Waals surface area contributed by atoms with Gasteiger partial charge in [-0.05, 0) is 23.6 Å². The average Bonchev–Trinajstić information content (AvgIpc) is 2.20. The smallest absolute Gasteiger partial charge is 0.126 e. The van der Waals surface area contributed by atoms with Crippen LogP contribution in [0.25, 0.3) is 0 Å². The summed E-state index contributed by atoms with van der Waals surface area (Å²) in [5.41, 5.74) is 1.46. The molecule has 0 aliphatic rings. The number of rotatable bonds is 4. The van der Waals surface area contributed by atoms with E-state index in [0.717, 1.165) is 24.0 Å². The monoisotopic (exact) mass is 198 g/mol. The maximum atomic E-state index is 13.4. The highest BCUT2D eigenvalue weighted by molar-refractivity contribution is 5.26. The molecule has 0 heterocycles. The molecular weight excluding hydrogens is 182 g/mol. The van der Waals surface area contributed by atoms with Crippen LogP contribution in [0.4, 0.5) is 8.78 Å². The van der Waals surface area contributed by atoms with E-state index in [-0.39, 0.29) is 11.7 Å². The molecule has 1 aromatic carbocycles. The van der Waals surface area contributed by atoms with Gasteiger partial charge in [0.1, 0.15) is 5.82 Å². The van der Waals surface area contributed by atoms with Gasteiger partial charge in [0.2, 0.25) is 0 Å². The topological polar surface area (TPSA) is 0 Å². The Morgan fingerprint density at radius 1 is 1.36 bits per heavy atom. The standard InChI is InChI=1S/C12H16F2/c1-3-4-10-5-6-11(7-12(10)14)9(2)8-13/h5-7,9H,3-4,8H2,1-2H3. The van der Waals surface area contributed by atoms with Gasteiger partial charge in [0.05, 0.1) is 6.67 Å². The van der Waals surface area contributed by atoms with Crippen molar-refractivity contribution in [1.29, 1.82) is 0 Å². The summed E-state index contributed by atoms with van der Waals surface area (Å²) in [7, 11) is 0. The van der Waals surface area contributed by atoms with Crippen LogP contribution in [0.3, 0.4) is 0 Å². The van der Waals surface area contributed by atoms with Crippen molar-refractivity contribution in [3.63, 3.8) is 0 Å². The van der Waals surface area contributed by atoms with Gasteiger partial charge in [-0.25, -0.2) is 4.39 Å². The predicted molar refractivity (Wildman–Crippen MR) is 54.8 cm³/mol. The number of benzene rings is 1. The number of hydrogen-bond donors (Lipinski definition) is 0. The van der Waals surface area contributed by atoms with Gasteiger partial charge in [-0.1, -0.05) is 32.4 Å². The first-order chi connectivity index (χ1) is 6.69. The Morgan fingerprint density at radius 2 is 2.07 bits per heavy atom. The van der Waals surface area contributed by atoms with E-state index in [1.165, 1.54) is 6.07 Å². The van der Waals surface area contributed by atoms with Gasteiger partial charge < -0.3 is 0 Å². The molecule has 78 valence electrons. The van der Waals surface area contributed by atoms with Crippen LogP contribution in [0.5, 0.6) is 0 Å². The minimum absolute atomic E-state index is 0.204. The largest absolute Gasteiger partial charge is 0.250 e. The third-order valence-corrected chi connectivity index (χ3v) is 2.40. The fourth-order valence-corrected chi connectivity index (χ4v) is 1.43. The molecule has 0 aliphatic carbocycles. The highest BCUT2D eigenvalue weighted by atomic mass is 19.1. The average molecular weight is 198 g/mol. The second-order valence-electron chi connectivity index (χ2n) is 3.66. The Kier molecular flexibility index (Phi) is 4.05. The van der Waals surface area contributed by atoms with E-state index in [4.69, 9.17) is 0 Å². The van der Waals surface area contributed by atoms with E-state index >= 15 is 0 Å². The zero-order valence-corrected chi connectivity index (χ0v) is 8.69. The highest BCUT2D eigenvalue weighted by Gasteiger charge is 2.08. The molecule has 0 spiro atoms. The van der Waals surface area contributed by atoms with Crippen LogP contribution in [0.15, 0.2) is 18.2 Å². The Labute approximate surface area is 84.0 Å². The summed E-state index contributed by atoms with van der Waals surface area (Å²) in [4.78, 5) is 0. The third kappa shape index (κ3) is 2.53. The van der Waals surface area contributed by atoms with E-state index in [1.54, 1.807) is 13.0 Å². The van der Waals surface area contributed by atoms with Crippen LogP contribution < -0.4 is 0 Å². The molecule has 0 bridgehead atoms. The number of alkyl halides is 1. The lowest BCUT2D eigenvalue weighted by Crippen LogP contribution is -1.98. The third-order valence-electron chi connectivity index (χ3n) is 2.40. The maximum absolute atomic E-state index is 13.4. The van der Waals surface area contributed by atoms with Crippen LogP contribution in [0.2, 0.25) is 0 Å². The Morgan fingerprint density at radius 3 is 2.57 bits per heavy atom. The van der Waals surface area contributed by atoms with Gasteiger partial charge in [0, 0.05) is 5.92 Å². The van der Waals surface area contributed by atoms with Crippen LogP contribution in [-0.4, -0.2) is 6.67 Å². The van der Waals surface area contributed by atoms with Crippen LogP contribution in [0.1, 0.15) is 37.3 Å². The van der Waals surface area contributed by atoms with E-state index in [1.807, 2.05) is 13.0 Å². The molecule has 0 N–H and O–H groups in total. The summed E-state index contributed by atoms with van der Waals surface area (Å²) >= 11 is 0. The second-order valence-corrected chi connectivity index (χ2v) is 3.66. The van der Waals surface area contributed by atoms with Crippen molar-refractivity contribution in [3.8, 4) is 0 Å². The van der Waals surface area contributed by atoms with E-state index < -0.39 is 6.67 Å². The Bertz CT molecular complexity index is 294. The van der Waals surface area contributed by atoms with Crippen molar-refractivity contribution in [2.24, 2.45) is 0 Å². The second kappa shape index (κ2) is 5.08. The normalized spacial score (nSPS) is 12.9. The molecular formula is C12H16F2. The number of halogens is 2. The quantitative estimate of drug-likeness (QED) is 0.689. The van der Waals surface area contributed by atoms with Crippen LogP contribution >= 0.6 is 0 Å². The van der Waals surface area contributed by atoms with E-state index in [0.29, 0.717) is 0 Å². The molecule has 1 unspecified atom stereocenters. The highest BCUT2D eigenvalue weighted by Crippen LogP contribution is 2.19. The van der Waals surface area contributed by atoms with Crippen molar-refractivity contribution in [3.05, 3.63) is 35.1 Å². The van der Waals surface area contributed by atoms with Crippen molar-refractivity contribution in [2.45, 2.75) is 32.6 Å². The fraction of sp³-hybridized carbons (Fsp3) is 0.500. The zero-order chi connectivity index (χ0) is 10.6. The summed E-state index contributed by atoms with van der Waals surface area (Å²) in [6.07, 6.45) is 1.67. The van der Waals surface area contributed by atoms with Gasteiger partial charge in [0.15, 0.2) is 0 Å². The first-order valence-corrected chi connectivity index (χ1v) is 5.03. The molecule has 0 nitrogen and oxygen atoms in total. The number of aryl methyl sites for hydroxylation is 1. The molecule has 0 saturated heterocycles. The molecule has 0 aliphatic heterocycles. The van der Waals surface area contributed by atoms with Crippen LogP contribution in [-0.2, 0) is 6.42 Å². The summed E-state index contributed by atoms with van der Waals surface area (Å²) < 4.78 is 25.7. The summed E-state index contributed by atoms with van der Waals surface area (Å²) in [6, 6.07) is 5.04. The van der Waals surface area contributed by atoms with Crippen molar-refractivity contribution in [1.82, 2.24) is 0 Å². The molecule has 1 aromatic rings. The minimum Gasteiger partial charge on any atom is -0.250 e. The van der Waals surface area contributed by atoms with Crippen LogP contribution in [0, 0.1) is 5.82 Å². The summed E-state index contributed by atoms with van der Waals surface area (Å²) in [5.74, 6) is -0.412. The molecule has 0 saturated carbocycles. The molecule has 1 rings (SSSR count). The van der Waals surface area contributed by atoms with Gasteiger partial charge in [0.25, 0.3) is 0 Å². The van der Waals surface area contributed by atoms with Gasteiger partial charge >= 0.3 is 0 Å². The first kappa shape index (κ1) is 11.2. The predicted octanol–water partition coefficient (Wildman–Crippen LogP) is 3.85. The lowest BCUT2D eigenvalue weighted by Gasteiger charge is -2.09. The molecule has 2 heteroatoms. The Hall–Kier alpha value is -0.920. The fourth-order valence-electron chi connectivity index (χ4n) is 1.43. The van der Waals surface area contributed by atoms with Crippen molar-refractivity contribution in [2.75, 3.05) is 6.67 Å². The molecule has 1 atom stereocenters. The summed E-state index contributed by atoms with van der Waals surface area (Å²) in [5, 5.41) is 0. The molecule has 14 heavy (non-hydrogen) atoms. The zero-order valence-electron chi connectivity index (χ0n) is 8.69. The van der Waals surface area contributed by atoms with E-state index in [9.17, 15) is 8.78 Å². The van der Waals surface area contributed by atoms with Crippen molar-refractivity contribution < 1.29 is 8.78 Å². The lowest BCUT2D eigenvalue weighted by atomic mass is 9.99. The lowest BCUT2D eigenvalue weighted by molar-refractivity contribution is 0.446. The van der Waals surface area contributed by atoms with Gasteiger partial charge in [-0.2, -0.15) is 0 Å². The molecule has 0 amide bonds. The van der Waals surface area contributed by atoms with Gasteiger partial charge in [-0.15, -0.1) is 0 Å². The first-order valence-electron chi connectivity index (χ1n) is 5.03. The molecule has 0 fully saturated rings. The molecule has 0 radical (unpaired) electrons. The van der Waals surface area contributed by atoms with Crippen molar-refractivity contribution >= 4 is 0 Å². The van der Waals surface area contributed by atoms with Gasteiger partial charge in [-0.3, -0.25) is 4.39 Å². The molecule has 0 aromatic heterocycles. The summed E-state index contributed by atoms with van der Waals surface area (Å²) in [6.45, 7) is 3.33. The number of hydrogen-bond acceptors (Lipinski definition) is 0. The minimum atomic E-state index is -0.438.